The van der Waals surface area contributed by atoms with Crippen LogP contribution < -0.4 is 10.6 Å². The molecule has 1 aliphatic rings. The highest BCUT2D eigenvalue weighted by Crippen LogP contribution is 2.31. The maximum absolute atomic E-state index is 5.99. The summed E-state index contributed by atoms with van der Waals surface area (Å²) < 4.78 is 5.25. The quantitative estimate of drug-likeness (QED) is 0.792. The van der Waals surface area contributed by atoms with E-state index in [1.54, 1.807) is 7.11 Å². The predicted molar refractivity (Wildman–Crippen MR) is 67.6 cm³/mol. The highest BCUT2D eigenvalue weighted by molar-refractivity contribution is 5.67. The van der Waals surface area contributed by atoms with Gasteiger partial charge in [-0.3, -0.25) is 0 Å². The van der Waals surface area contributed by atoms with Gasteiger partial charge >= 0.3 is 0 Å². The third-order valence-corrected chi connectivity index (χ3v) is 3.43. The lowest BCUT2D eigenvalue weighted by molar-refractivity contribution is 0.144. The predicted octanol–water partition coefficient (Wildman–Crippen LogP) is 1.99. The van der Waals surface area contributed by atoms with Gasteiger partial charge in [-0.2, -0.15) is 0 Å². The van der Waals surface area contributed by atoms with E-state index in [1.807, 2.05) is 18.2 Å². The van der Waals surface area contributed by atoms with E-state index >= 15 is 0 Å². The Balaban J connectivity index is 2.11. The van der Waals surface area contributed by atoms with E-state index in [2.05, 4.69) is 17.9 Å². The van der Waals surface area contributed by atoms with Gasteiger partial charge in [0.15, 0.2) is 0 Å². The largest absolute Gasteiger partial charge is 0.397 e. The maximum atomic E-state index is 5.99. The first-order valence-corrected chi connectivity index (χ1v) is 5.80. The van der Waals surface area contributed by atoms with Crippen molar-refractivity contribution < 1.29 is 4.74 Å². The Labute approximate surface area is 97.2 Å². The highest BCUT2D eigenvalue weighted by atomic mass is 16.5. The van der Waals surface area contributed by atoms with E-state index < -0.39 is 0 Å². The number of nitrogens with two attached hydrogens (primary N) is 1. The fourth-order valence-corrected chi connectivity index (χ4v) is 2.44. The van der Waals surface area contributed by atoms with Gasteiger partial charge in [-0.15, -0.1) is 0 Å². The van der Waals surface area contributed by atoms with Gasteiger partial charge in [0.1, 0.15) is 0 Å². The molecule has 0 radical (unpaired) electrons. The van der Waals surface area contributed by atoms with Crippen LogP contribution in [0.1, 0.15) is 6.92 Å². The lowest BCUT2D eigenvalue weighted by Gasteiger charge is -2.20. The fourth-order valence-electron chi connectivity index (χ4n) is 2.44. The van der Waals surface area contributed by atoms with Crippen LogP contribution >= 0.6 is 0 Å². The summed E-state index contributed by atoms with van der Waals surface area (Å²) in [6.07, 6.45) is 0. The van der Waals surface area contributed by atoms with Crippen molar-refractivity contribution in [3.05, 3.63) is 24.3 Å². The summed E-state index contributed by atoms with van der Waals surface area (Å²) in [5, 5.41) is 0. The van der Waals surface area contributed by atoms with Gasteiger partial charge in [-0.1, -0.05) is 19.1 Å². The topological polar surface area (TPSA) is 38.5 Å². The summed E-state index contributed by atoms with van der Waals surface area (Å²) in [5.41, 5.74) is 8.02. The Bertz CT molecular complexity index is 354. The standard InChI is InChI=1S/C13H20N2O/c1-10-7-15(8-11(10)9-16-2)13-6-4-3-5-12(13)14/h3-6,10-11H,7-9,14H2,1-2H3/t10-,11-/m0/s1. The minimum Gasteiger partial charge on any atom is -0.397 e. The summed E-state index contributed by atoms with van der Waals surface area (Å²) in [6.45, 7) is 5.23. The minimum absolute atomic E-state index is 0.615. The molecule has 0 aliphatic carbocycles. The van der Waals surface area contributed by atoms with E-state index in [0.717, 1.165) is 31.1 Å². The molecule has 1 fully saturated rings. The molecule has 1 saturated heterocycles. The Kier molecular flexibility index (Phi) is 3.34. The molecule has 1 aliphatic heterocycles. The van der Waals surface area contributed by atoms with Crippen LogP contribution in [0.15, 0.2) is 24.3 Å². The Morgan fingerprint density at radius 3 is 2.81 bits per heavy atom. The zero-order valence-corrected chi connectivity index (χ0v) is 10.0. The normalized spacial score (nSPS) is 25.0. The van der Waals surface area contributed by atoms with Crippen molar-refractivity contribution in [3.63, 3.8) is 0 Å². The third kappa shape index (κ3) is 2.14. The molecule has 1 heterocycles. The van der Waals surface area contributed by atoms with Crippen molar-refractivity contribution in [3.8, 4) is 0 Å². The van der Waals surface area contributed by atoms with Gasteiger partial charge in [0.05, 0.1) is 18.0 Å². The van der Waals surface area contributed by atoms with Crippen molar-refractivity contribution >= 4 is 11.4 Å². The second-order valence-corrected chi connectivity index (χ2v) is 4.66. The number of anilines is 2. The number of hydrogen-bond acceptors (Lipinski definition) is 3. The minimum atomic E-state index is 0.615. The summed E-state index contributed by atoms with van der Waals surface area (Å²) in [6, 6.07) is 8.08. The molecule has 0 amide bonds. The average molecular weight is 220 g/mol. The molecular weight excluding hydrogens is 200 g/mol. The average Bonchev–Trinajstić information content (AvgIpc) is 2.61. The SMILES string of the molecule is COC[C@@H]1CN(c2ccccc2N)C[C@@H]1C. The Morgan fingerprint density at radius 1 is 1.38 bits per heavy atom. The first-order chi connectivity index (χ1) is 7.72. The molecule has 3 heteroatoms. The zero-order valence-electron chi connectivity index (χ0n) is 10.0. The monoisotopic (exact) mass is 220 g/mol. The highest BCUT2D eigenvalue weighted by Gasteiger charge is 2.30. The summed E-state index contributed by atoms with van der Waals surface area (Å²) >= 11 is 0. The van der Waals surface area contributed by atoms with Crippen molar-refractivity contribution in [1.82, 2.24) is 0 Å². The molecule has 1 aromatic carbocycles. The molecule has 2 N–H and O–H groups in total. The molecule has 1 aromatic rings. The van der Waals surface area contributed by atoms with E-state index in [1.165, 1.54) is 0 Å². The van der Waals surface area contributed by atoms with Crippen LogP contribution in [0.2, 0.25) is 0 Å². The number of ether oxygens (including phenoxy) is 1. The van der Waals surface area contributed by atoms with E-state index in [9.17, 15) is 0 Å². The second kappa shape index (κ2) is 4.74. The van der Waals surface area contributed by atoms with Crippen LogP contribution in [0, 0.1) is 11.8 Å². The van der Waals surface area contributed by atoms with Crippen molar-refractivity contribution in [1.29, 1.82) is 0 Å². The van der Waals surface area contributed by atoms with Crippen LogP contribution in [0.3, 0.4) is 0 Å². The number of nitrogen functional groups attached to an aromatic ring is 1. The third-order valence-electron chi connectivity index (χ3n) is 3.43. The van der Waals surface area contributed by atoms with Crippen LogP contribution in [0.25, 0.3) is 0 Å². The molecular formula is C13H20N2O. The van der Waals surface area contributed by atoms with Crippen LogP contribution in [-0.2, 0) is 4.74 Å². The molecule has 2 rings (SSSR count). The second-order valence-electron chi connectivity index (χ2n) is 4.66. The van der Waals surface area contributed by atoms with E-state index in [-0.39, 0.29) is 0 Å². The molecule has 88 valence electrons. The first-order valence-electron chi connectivity index (χ1n) is 5.80. The molecule has 0 aromatic heterocycles. The summed E-state index contributed by atoms with van der Waals surface area (Å²) in [4.78, 5) is 2.36. The van der Waals surface area contributed by atoms with Gasteiger partial charge in [-0.05, 0) is 18.1 Å². The first kappa shape index (κ1) is 11.3. The van der Waals surface area contributed by atoms with Crippen LogP contribution in [-0.4, -0.2) is 26.8 Å². The zero-order chi connectivity index (χ0) is 11.5. The van der Waals surface area contributed by atoms with Gasteiger partial charge in [0.25, 0.3) is 0 Å². The lowest BCUT2D eigenvalue weighted by Crippen LogP contribution is -2.21. The number of nitrogens with zero attached hydrogens (tertiary/aromatic N) is 1. The molecule has 0 unspecified atom stereocenters. The van der Waals surface area contributed by atoms with E-state index in [0.29, 0.717) is 11.8 Å². The number of hydrogen-bond donors (Lipinski definition) is 1. The molecule has 0 bridgehead atoms. The van der Waals surface area contributed by atoms with Gasteiger partial charge < -0.3 is 15.4 Å². The molecule has 2 atom stereocenters. The Morgan fingerprint density at radius 2 is 2.12 bits per heavy atom. The molecule has 3 nitrogen and oxygen atoms in total. The van der Waals surface area contributed by atoms with Crippen LogP contribution in [0.5, 0.6) is 0 Å². The maximum Gasteiger partial charge on any atom is 0.0600 e. The molecule has 0 saturated carbocycles. The molecule has 0 spiro atoms. The van der Waals surface area contributed by atoms with Gasteiger partial charge in [-0.25, -0.2) is 0 Å². The summed E-state index contributed by atoms with van der Waals surface area (Å²) in [5.74, 6) is 1.28. The van der Waals surface area contributed by atoms with Crippen molar-refractivity contribution in [2.24, 2.45) is 11.8 Å². The van der Waals surface area contributed by atoms with Gasteiger partial charge in [0, 0.05) is 26.1 Å². The lowest BCUT2D eigenvalue weighted by atomic mass is 10.00. The number of rotatable bonds is 3. The Hall–Kier alpha value is -1.22. The van der Waals surface area contributed by atoms with E-state index in [4.69, 9.17) is 10.5 Å². The van der Waals surface area contributed by atoms with Gasteiger partial charge in [0.2, 0.25) is 0 Å². The smallest absolute Gasteiger partial charge is 0.0600 e. The van der Waals surface area contributed by atoms with Crippen molar-refractivity contribution in [2.75, 3.05) is 37.4 Å². The number of para-hydroxylation sites is 2. The van der Waals surface area contributed by atoms with Crippen LogP contribution in [0.4, 0.5) is 11.4 Å². The molecule has 16 heavy (non-hydrogen) atoms. The van der Waals surface area contributed by atoms with Crippen molar-refractivity contribution in [2.45, 2.75) is 6.92 Å². The summed E-state index contributed by atoms with van der Waals surface area (Å²) in [7, 11) is 1.77. The number of benzene rings is 1. The number of methoxy groups -OCH3 is 1. The fraction of sp³-hybridized carbons (Fsp3) is 0.538.